The summed E-state index contributed by atoms with van der Waals surface area (Å²) in [5.74, 6) is 2.19. The Morgan fingerprint density at radius 1 is 1.33 bits per heavy atom. The van der Waals surface area contributed by atoms with E-state index in [1.165, 1.54) is 31.4 Å². The van der Waals surface area contributed by atoms with Gasteiger partial charge in [-0.1, -0.05) is 19.8 Å². The smallest absolute Gasteiger partial charge is 0.0673 e. The molecule has 2 aliphatic rings. The van der Waals surface area contributed by atoms with Crippen LogP contribution >= 0.6 is 11.8 Å². The minimum absolute atomic E-state index is 0.470. The van der Waals surface area contributed by atoms with Gasteiger partial charge >= 0.3 is 0 Å². The summed E-state index contributed by atoms with van der Waals surface area (Å²) in [5, 5.41) is 3.78. The molecule has 3 atom stereocenters. The van der Waals surface area contributed by atoms with Gasteiger partial charge in [0.15, 0.2) is 0 Å². The van der Waals surface area contributed by atoms with E-state index >= 15 is 0 Å². The fourth-order valence-electron chi connectivity index (χ4n) is 2.52. The molecule has 2 heteroatoms. The fourth-order valence-corrected chi connectivity index (χ4v) is 4.13. The van der Waals surface area contributed by atoms with Crippen molar-refractivity contribution in [1.29, 1.82) is 0 Å². The summed E-state index contributed by atoms with van der Waals surface area (Å²) < 4.78 is 0. The Morgan fingerprint density at radius 2 is 2.17 bits per heavy atom. The molecule has 1 aliphatic heterocycles. The molecule has 1 heterocycles. The van der Waals surface area contributed by atoms with E-state index in [0.29, 0.717) is 4.87 Å². The molecule has 1 spiro atoms. The van der Waals surface area contributed by atoms with Crippen LogP contribution in [0.3, 0.4) is 0 Å². The zero-order valence-corrected chi connectivity index (χ0v) is 8.91. The first kappa shape index (κ1) is 8.89. The van der Waals surface area contributed by atoms with E-state index in [1.54, 1.807) is 0 Å². The molecular weight excluding hydrogens is 166 g/mol. The maximum Gasteiger partial charge on any atom is 0.0673 e. The second-order valence-electron chi connectivity index (χ2n) is 4.39. The highest BCUT2D eigenvalue weighted by molar-refractivity contribution is 8.00. The summed E-state index contributed by atoms with van der Waals surface area (Å²) in [7, 11) is 0. The van der Waals surface area contributed by atoms with Crippen molar-refractivity contribution in [3.8, 4) is 0 Å². The lowest BCUT2D eigenvalue weighted by atomic mass is 9.85. The Bertz CT molecular complexity index is 167. The summed E-state index contributed by atoms with van der Waals surface area (Å²) in [6.07, 6.45) is 5.69. The molecule has 0 amide bonds. The van der Waals surface area contributed by atoms with Crippen molar-refractivity contribution >= 4 is 11.8 Å². The van der Waals surface area contributed by atoms with E-state index in [2.05, 4.69) is 30.9 Å². The summed E-state index contributed by atoms with van der Waals surface area (Å²) in [6, 6.07) is 0.732. The van der Waals surface area contributed by atoms with Crippen LogP contribution in [0, 0.1) is 5.92 Å². The Hall–Kier alpha value is 0.310. The van der Waals surface area contributed by atoms with Crippen molar-refractivity contribution < 1.29 is 0 Å². The lowest BCUT2D eigenvalue weighted by Gasteiger charge is -2.39. The zero-order valence-electron chi connectivity index (χ0n) is 8.10. The average molecular weight is 185 g/mol. The molecule has 3 unspecified atom stereocenters. The van der Waals surface area contributed by atoms with E-state index in [4.69, 9.17) is 0 Å². The molecule has 1 N–H and O–H groups in total. The van der Waals surface area contributed by atoms with Crippen molar-refractivity contribution in [2.75, 3.05) is 5.75 Å². The summed E-state index contributed by atoms with van der Waals surface area (Å²) >= 11 is 2.17. The highest BCUT2D eigenvalue weighted by Gasteiger charge is 2.43. The molecule has 1 aliphatic carbocycles. The van der Waals surface area contributed by atoms with Gasteiger partial charge < -0.3 is 0 Å². The van der Waals surface area contributed by atoms with Crippen LogP contribution in [-0.2, 0) is 0 Å². The Kier molecular flexibility index (Phi) is 2.39. The molecule has 70 valence electrons. The van der Waals surface area contributed by atoms with Crippen molar-refractivity contribution in [2.45, 2.75) is 50.4 Å². The Morgan fingerprint density at radius 3 is 2.75 bits per heavy atom. The van der Waals surface area contributed by atoms with E-state index in [0.717, 1.165) is 12.0 Å². The Labute approximate surface area is 79.7 Å². The third-order valence-corrected chi connectivity index (χ3v) is 5.22. The average Bonchev–Trinajstić information content (AvgIpc) is 2.41. The highest BCUT2D eigenvalue weighted by atomic mass is 32.2. The third-order valence-electron chi connectivity index (χ3n) is 3.31. The SMILES string of the molecule is CC1CSC2(CCCCC2C)N1. The zero-order chi connectivity index (χ0) is 8.60. The monoisotopic (exact) mass is 185 g/mol. The number of nitrogens with one attached hydrogen (secondary N) is 1. The number of hydrogen-bond donors (Lipinski definition) is 1. The lowest BCUT2D eigenvalue weighted by molar-refractivity contribution is 0.248. The van der Waals surface area contributed by atoms with Crippen LogP contribution in [0.5, 0.6) is 0 Å². The molecule has 0 radical (unpaired) electrons. The molecular formula is C10H19NS. The van der Waals surface area contributed by atoms with Gasteiger partial charge in [0.25, 0.3) is 0 Å². The second-order valence-corrected chi connectivity index (χ2v) is 5.74. The van der Waals surface area contributed by atoms with Gasteiger partial charge in [0, 0.05) is 11.8 Å². The first-order valence-corrected chi connectivity index (χ1v) is 6.13. The lowest BCUT2D eigenvalue weighted by Crippen LogP contribution is -2.47. The maximum atomic E-state index is 3.78. The maximum absolute atomic E-state index is 3.78. The van der Waals surface area contributed by atoms with Crippen LogP contribution in [0.4, 0.5) is 0 Å². The quantitative estimate of drug-likeness (QED) is 0.622. The molecule has 1 nitrogen and oxygen atoms in total. The minimum Gasteiger partial charge on any atom is -0.299 e. The molecule has 0 aromatic rings. The van der Waals surface area contributed by atoms with Crippen LogP contribution < -0.4 is 5.32 Å². The number of rotatable bonds is 0. The van der Waals surface area contributed by atoms with Gasteiger partial charge in [-0.25, -0.2) is 0 Å². The molecule has 12 heavy (non-hydrogen) atoms. The van der Waals surface area contributed by atoms with Crippen molar-refractivity contribution in [2.24, 2.45) is 5.92 Å². The molecule has 2 fully saturated rings. The van der Waals surface area contributed by atoms with Crippen LogP contribution in [0.2, 0.25) is 0 Å². The van der Waals surface area contributed by atoms with Crippen LogP contribution in [-0.4, -0.2) is 16.7 Å². The largest absolute Gasteiger partial charge is 0.299 e. The van der Waals surface area contributed by atoms with Gasteiger partial charge in [-0.3, -0.25) is 5.32 Å². The molecule has 2 rings (SSSR count). The molecule has 1 saturated carbocycles. The van der Waals surface area contributed by atoms with Crippen molar-refractivity contribution in [3.05, 3.63) is 0 Å². The van der Waals surface area contributed by atoms with Gasteiger partial charge in [-0.15, -0.1) is 11.8 Å². The van der Waals surface area contributed by atoms with Crippen molar-refractivity contribution in [3.63, 3.8) is 0 Å². The van der Waals surface area contributed by atoms with E-state index in [9.17, 15) is 0 Å². The molecule has 0 aromatic heterocycles. The van der Waals surface area contributed by atoms with E-state index in [-0.39, 0.29) is 0 Å². The van der Waals surface area contributed by atoms with Gasteiger partial charge in [0.05, 0.1) is 4.87 Å². The summed E-state index contributed by atoms with van der Waals surface area (Å²) in [5.41, 5.74) is 0. The fraction of sp³-hybridized carbons (Fsp3) is 1.00. The Balaban J connectivity index is 2.07. The van der Waals surface area contributed by atoms with Gasteiger partial charge in [0.1, 0.15) is 0 Å². The summed E-state index contributed by atoms with van der Waals surface area (Å²) in [6.45, 7) is 4.72. The number of thioether (sulfide) groups is 1. The van der Waals surface area contributed by atoms with Crippen LogP contribution in [0.15, 0.2) is 0 Å². The van der Waals surface area contributed by atoms with Crippen molar-refractivity contribution in [1.82, 2.24) is 5.32 Å². The van der Waals surface area contributed by atoms with Gasteiger partial charge in [-0.05, 0) is 25.7 Å². The first-order valence-electron chi connectivity index (χ1n) is 5.14. The van der Waals surface area contributed by atoms with Gasteiger partial charge in [-0.2, -0.15) is 0 Å². The highest BCUT2D eigenvalue weighted by Crippen LogP contribution is 2.45. The normalized spacial score (nSPS) is 48.5. The second kappa shape index (κ2) is 3.22. The number of hydrogen-bond acceptors (Lipinski definition) is 2. The third kappa shape index (κ3) is 1.39. The molecule has 1 saturated heterocycles. The molecule has 0 aromatic carbocycles. The van der Waals surface area contributed by atoms with Crippen LogP contribution in [0.25, 0.3) is 0 Å². The van der Waals surface area contributed by atoms with E-state index < -0.39 is 0 Å². The predicted molar refractivity (Wildman–Crippen MR) is 55.4 cm³/mol. The van der Waals surface area contributed by atoms with Gasteiger partial charge in [0.2, 0.25) is 0 Å². The molecule has 0 bridgehead atoms. The minimum atomic E-state index is 0.470. The standard InChI is InChI=1S/C10H19NS/c1-8-5-3-4-6-10(8)11-9(2)7-12-10/h8-9,11H,3-7H2,1-2H3. The topological polar surface area (TPSA) is 12.0 Å². The van der Waals surface area contributed by atoms with Crippen LogP contribution in [0.1, 0.15) is 39.5 Å². The first-order chi connectivity index (χ1) is 5.73. The predicted octanol–water partition coefficient (Wildman–Crippen LogP) is 2.62. The van der Waals surface area contributed by atoms with E-state index in [1.807, 2.05) is 0 Å². The summed E-state index contributed by atoms with van der Waals surface area (Å²) in [4.78, 5) is 0.470.